The van der Waals surface area contributed by atoms with Gasteiger partial charge in [0.2, 0.25) is 0 Å². The molecule has 0 unspecified atom stereocenters. The molecule has 0 spiro atoms. The second-order valence-electron chi connectivity index (χ2n) is 4.29. The lowest BCUT2D eigenvalue weighted by atomic mass is 10.1. The zero-order chi connectivity index (χ0) is 13.3. The molecule has 1 heterocycles. The average molecular weight is 257 g/mol. The summed E-state index contributed by atoms with van der Waals surface area (Å²) in [4.78, 5) is 11.7. The summed E-state index contributed by atoms with van der Waals surface area (Å²) in [7, 11) is 0. The van der Waals surface area contributed by atoms with Crippen molar-refractivity contribution in [3.05, 3.63) is 33.9 Å². The number of hydrogen-bond acceptors (Lipinski definition) is 4. The van der Waals surface area contributed by atoms with Gasteiger partial charge in [-0.2, -0.15) is 0 Å². The summed E-state index contributed by atoms with van der Waals surface area (Å²) < 4.78 is 27.0. The third kappa shape index (κ3) is 2.26. The molecule has 1 aromatic carbocycles. The van der Waals surface area contributed by atoms with Gasteiger partial charge in [-0.1, -0.05) is 0 Å². The average Bonchev–Trinajstić information content (AvgIpc) is 2.32. The van der Waals surface area contributed by atoms with E-state index in [2.05, 4.69) is 5.32 Å². The van der Waals surface area contributed by atoms with Crippen molar-refractivity contribution in [2.45, 2.75) is 13.0 Å². The Kier molecular flexibility index (Phi) is 3.42. The molecule has 5 nitrogen and oxygen atoms in total. The van der Waals surface area contributed by atoms with Gasteiger partial charge in [0.05, 0.1) is 4.92 Å². The van der Waals surface area contributed by atoms with Gasteiger partial charge in [-0.05, 0) is 13.0 Å². The summed E-state index contributed by atoms with van der Waals surface area (Å²) in [5.41, 5.74) is -0.656. The van der Waals surface area contributed by atoms with E-state index in [1.165, 1.54) is 4.90 Å². The van der Waals surface area contributed by atoms with Crippen LogP contribution in [-0.2, 0) is 0 Å². The molecule has 0 saturated carbocycles. The van der Waals surface area contributed by atoms with E-state index in [1.54, 1.807) is 0 Å². The Labute approximate surface area is 103 Å². The molecule has 0 bridgehead atoms. The van der Waals surface area contributed by atoms with Gasteiger partial charge in [0.15, 0.2) is 17.3 Å². The van der Waals surface area contributed by atoms with Gasteiger partial charge in [0.25, 0.3) is 5.69 Å². The Morgan fingerprint density at radius 1 is 1.50 bits per heavy atom. The maximum absolute atomic E-state index is 13.8. The number of nitrogens with zero attached hydrogens (tertiary/aromatic N) is 2. The highest BCUT2D eigenvalue weighted by atomic mass is 19.2. The second-order valence-corrected chi connectivity index (χ2v) is 4.29. The van der Waals surface area contributed by atoms with Crippen LogP contribution in [0.2, 0.25) is 0 Å². The summed E-state index contributed by atoms with van der Waals surface area (Å²) in [5.74, 6) is -2.22. The molecule has 0 aliphatic carbocycles. The molecular formula is C11H13F2N3O2. The van der Waals surface area contributed by atoms with E-state index >= 15 is 0 Å². The number of nitro groups is 1. The molecule has 1 aliphatic rings. The smallest absolute Gasteiger partial charge is 0.295 e. The number of nitrogens with one attached hydrogen (secondary N) is 1. The zero-order valence-corrected chi connectivity index (χ0v) is 9.82. The molecule has 1 fully saturated rings. The lowest BCUT2D eigenvalue weighted by Crippen LogP contribution is -2.49. The largest absolute Gasteiger partial charge is 0.361 e. The summed E-state index contributed by atoms with van der Waals surface area (Å²) >= 11 is 0. The molecule has 0 aromatic heterocycles. The van der Waals surface area contributed by atoms with E-state index in [0.717, 1.165) is 12.1 Å². The van der Waals surface area contributed by atoms with Crippen molar-refractivity contribution in [3.63, 3.8) is 0 Å². The van der Waals surface area contributed by atoms with Crippen molar-refractivity contribution in [1.82, 2.24) is 5.32 Å². The molecule has 1 atom stereocenters. The predicted octanol–water partition coefficient (Wildman–Crippen LogP) is 1.67. The third-order valence-electron chi connectivity index (χ3n) is 2.93. The summed E-state index contributed by atoms with van der Waals surface area (Å²) in [5, 5.41) is 14.0. The summed E-state index contributed by atoms with van der Waals surface area (Å²) in [6.45, 7) is 3.27. The number of piperazine rings is 1. The van der Waals surface area contributed by atoms with Crippen molar-refractivity contribution in [3.8, 4) is 0 Å². The Balaban J connectivity index is 2.46. The van der Waals surface area contributed by atoms with Gasteiger partial charge in [-0.3, -0.25) is 10.1 Å². The third-order valence-corrected chi connectivity index (χ3v) is 2.93. The van der Waals surface area contributed by atoms with Crippen LogP contribution < -0.4 is 10.2 Å². The van der Waals surface area contributed by atoms with Crippen molar-refractivity contribution in [1.29, 1.82) is 0 Å². The van der Waals surface area contributed by atoms with Crippen molar-refractivity contribution >= 4 is 11.4 Å². The van der Waals surface area contributed by atoms with Gasteiger partial charge < -0.3 is 10.2 Å². The van der Waals surface area contributed by atoms with E-state index in [0.29, 0.717) is 19.6 Å². The molecule has 2 rings (SSSR count). The minimum Gasteiger partial charge on any atom is -0.361 e. The highest BCUT2D eigenvalue weighted by Crippen LogP contribution is 2.33. The Hall–Kier alpha value is -1.76. The van der Waals surface area contributed by atoms with Gasteiger partial charge >= 0.3 is 0 Å². The zero-order valence-electron chi connectivity index (χ0n) is 9.82. The van der Waals surface area contributed by atoms with Gasteiger partial charge in [-0.25, -0.2) is 8.78 Å². The van der Waals surface area contributed by atoms with Crippen molar-refractivity contribution in [2.75, 3.05) is 24.5 Å². The first-order chi connectivity index (χ1) is 8.50. The van der Waals surface area contributed by atoms with Crippen molar-refractivity contribution < 1.29 is 13.7 Å². The number of rotatable bonds is 2. The summed E-state index contributed by atoms with van der Waals surface area (Å²) in [6.07, 6.45) is 0. The Morgan fingerprint density at radius 2 is 2.22 bits per heavy atom. The minimum atomic E-state index is -1.15. The lowest BCUT2D eigenvalue weighted by Gasteiger charge is -2.33. The van der Waals surface area contributed by atoms with Gasteiger partial charge in [-0.15, -0.1) is 0 Å². The molecule has 98 valence electrons. The molecular weight excluding hydrogens is 244 g/mol. The normalized spacial score (nSPS) is 19.9. The Morgan fingerprint density at radius 3 is 2.83 bits per heavy atom. The van der Waals surface area contributed by atoms with E-state index in [9.17, 15) is 18.9 Å². The fourth-order valence-corrected chi connectivity index (χ4v) is 2.11. The topological polar surface area (TPSA) is 58.4 Å². The molecule has 18 heavy (non-hydrogen) atoms. The minimum absolute atomic E-state index is 0.0704. The van der Waals surface area contributed by atoms with Crippen molar-refractivity contribution in [2.24, 2.45) is 0 Å². The van der Waals surface area contributed by atoms with E-state index < -0.39 is 22.2 Å². The number of hydrogen-bond donors (Lipinski definition) is 1. The fraction of sp³-hybridized carbons (Fsp3) is 0.455. The fourth-order valence-electron chi connectivity index (χ4n) is 2.11. The van der Waals surface area contributed by atoms with E-state index in [4.69, 9.17) is 0 Å². The van der Waals surface area contributed by atoms with Crippen LogP contribution in [-0.4, -0.2) is 30.6 Å². The SMILES string of the molecule is C[C@H]1CN(c2c([N+](=O)[O-])ccc(F)c2F)CCN1. The van der Waals surface area contributed by atoms with Gasteiger partial charge in [0, 0.05) is 31.7 Å². The first-order valence-corrected chi connectivity index (χ1v) is 5.61. The first kappa shape index (κ1) is 12.7. The highest BCUT2D eigenvalue weighted by molar-refractivity contribution is 5.64. The van der Waals surface area contributed by atoms with Crippen LogP contribution in [0.1, 0.15) is 6.92 Å². The van der Waals surface area contributed by atoms with Gasteiger partial charge in [0.1, 0.15) is 0 Å². The molecule has 1 saturated heterocycles. The Bertz CT molecular complexity index is 482. The van der Waals surface area contributed by atoms with Crippen LogP contribution in [0.15, 0.2) is 12.1 Å². The quantitative estimate of drug-likeness (QED) is 0.646. The molecule has 0 amide bonds. The van der Waals surface area contributed by atoms with Crippen LogP contribution in [0.4, 0.5) is 20.2 Å². The standard InChI is InChI=1S/C11H13F2N3O2/c1-7-6-15(5-4-14-7)11-9(16(17)18)3-2-8(12)10(11)13/h2-3,7,14H,4-6H2,1H3/t7-/m0/s1. The van der Waals surface area contributed by atoms with Crippen LogP contribution >= 0.6 is 0 Å². The summed E-state index contributed by atoms with van der Waals surface area (Å²) in [6, 6.07) is 1.85. The number of nitro benzene ring substituents is 1. The molecule has 1 aromatic rings. The maximum atomic E-state index is 13.8. The molecule has 1 N–H and O–H groups in total. The number of anilines is 1. The predicted molar refractivity (Wildman–Crippen MR) is 62.7 cm³/mol. The molecule has 7 heteroatoms. The monoisotopic (exact) mass is 257 g/mol. The van der Waals surface area contributed by atoms with E-state index in [-0.39, 0.29) is 11.7 Å². The van der Waals surface area contributed by atoms with Crippen LogP contribution in [0, 0.1) is 21.7 Å². The number of halogens is 2. The molecule has 0 radical (unpaired) electrons. The second kappa shape index (κ2) is 4.85. The number of benzene rings is 1. The first-order valence-electron chi connectivity index (χ1n) is 5.61. The maximum Gasteiger partial charge on any atom is 0.295 e. The van der Waals surface area contributed by atoms with Crippen LogP contribution in [0.3, 0.4) is 0 Å². The van der Waals surface area contributed by atoms with Crippen LogP contribution in [0.25, 0.3) is 0 Å². The van der Waals surface area contributed by atoms with Crippen LogP contribution in [0.5, 0.6) is 0 Å². The molecule has 1 aliphatic heterocycles. The highest BCUT2D eigenvalue weighted by Gasteiger charge is 2.28. The van der Waals surface area contributed by atoms with E-state index in [1.807, 2.05) is 6.92 Å². The lowest BCUT2D eigenvalue weighted by molar-refractivity contribution is -0.384.